The van der Waals surface area contributed by atoms with Gasteiger partial charge in [-0.25, -0.2) is 4.39 Å². The third-order valence-electron chi connectivity index (χ3n) is 3.38. The highest BCUT2D eigenvalue weighted by Gasteiger charge is 2.12. The van der Waals surface area contributed by atoms with Crippen LogP contribution in [0.25, 0.3) is 0 Å². The molecule has 4 N–H and O–H groups in total. The molecule has 1 atom stereocenters. The van der Waals surface area contributed by atoms with Gasteiger partial charge in [0.25, 0.3) is 5.91 Å². The monoisotopic (exact) mass is 323 g/mol. The van der Waals surface area contributed by atoms with E-state index in [1.54, 1.807) is 0 Å². The molecule has 0 spiro atoms. The van der Waals surface area contributed by atoms with Crippen LogP contribution in [0.4, 0.5) is 4.39 Å². The molecule has 2 amide bonds. The molecular weight excluding hydrogens is 297 g/mol. The second-order valence-corrected chi connectivity index (χ2v) is 6.00. The highest BCUT2D eigenvalue weighted by molar-refractivity contribution is 5.94. The molecule has 0 saturated carbocycles. The number of carbonyl (C=O) groups is 2. The lowest BCUT2D eigenvalue weighted by atomic mass is 10.0. The Balaban J connectivity index is 2.24. The third-order valence-corrected chi connectivity index (χ3v) is 3.38. The topological polar surface area (TPSA) is 84.2 Å². The largest absolute Gasteiger partial charge is 0.352 e. The van der Waals surface area contributed by atoms with Gasteiger partial charge in [-0.3, -0.25) is 9.59 Å². The summed E-state index contributed by atoms with van der Waals surface area (Å²) in [6, 6.07) is 5.33. The van der Waals surface area contributed by atoms with E-state index in [1.807, 2.05) is 0 Å². The van der Waals surface area contributed by atoms with Gasteiger partial charge in [0.2, 0.25) is 5.91 Å². The first-order valence-electron chi connectivity index (χ1n) is 7.95. The molecule has 1 aromatic carbocycles. The maximum atomic E-state index is 12.8. The van der Waals surface area contributed by atoms with Crippen molar-refractivity contribution in [1.82, 2.24) is 10.6 Å². The van der Waals surface area contributed by atoms with Crippen LogP contribution in [-0.2, 0) is 4.79 Å². The quantitative estimate of drug-likeness (QED) is 0.606. The van der Waals surface area contributed by atoms with Crippen molar-refractivity contribution >= 4 is 11.8 Å². The zero-order chi connectivity index (χ0) is 17.2. The zero-order valence-electron chi connectivity index (χ0n) is 13.8. The number of hydrogen-bond donors (Lipinski definition) is 3. The molecule has 1 rings (SSSR count). The number of hydrogen-bond acceptors (Lipinski definition) is 3. The molecule has 0 aliphatic rings. The van der Waals surface area contributed by atoms with E-state index >= 15 is 0 Å². The van der Waals surface area contributed by atoms with Crippen molar-refractivity contribution in [2.45, 2.75) is 39.2 Å². The summed E-state index contributed by atoms with van der Waals surface area (Å²) < 4.78 is 12.8. The standard InChI is InChI=1S/C17H26FN3O2/c1-12(2)10-15(11-19)21-16(22)4-3-9-20-17(23)13-5-7-14(18)8-6-13/h5-8,12,15H,3-4,9-11,19H2,1-2H3,(H,20,23)(H,21,22). The molecule has 23 heavy (non-hydrogen) atoms. The summed E-state index contributed by atoms with van der Waals surface area (Å²) in [4.78, 5) is 23.6. The molecule has 0 aliphatic heterocycles. The minimum absolute atomic E-state index is 0.00342. The number of nitrogens with two attached hydrogens (primary N) is 1. The number of rotatable bonds is 9. The first-order chi connectivity index (χ1) is 10.9. The summed E-state index contributed by atoms with van der Waals surface area (Å²) in [5, 5.41) is 5.61. The van der Waals surface area contributed by atoms with Crippen molar-refractivity contribution in [3.8, 4) is 0 Å². The minimum atomic E-state index is -0.380. The van der Waals surface area contributed by atoms with Crippen LogP contribution in [0.1, 0.15) is 43.5 Å². The van der Waals surface area contributed by atoms with Crippen molar-refractivity contribution in [3.05, 3.63) is 35.6 Å². The molecule has 0 aliphatic carbocycles. The van der Waals surface area contributed by atoms with Crippen LogP contribution >= 0.6 is 0 Å². The van der Waals surface area contributed by atoms with Gasteiger partial charge in [0.15, 0.2) is 0 Å². The van der Waals surface area contributed by atoms with Gasteiger partial charge in [0.1, 0.15) is 5.82 Å². The van der Waals surface area contributed by atoms with Gasteiger partial charge in [-0.15, -0.1) is 0 Å². The Morgan fingerprint density at radius 3 is 2.43 bits per heavy atom. The van der Waals surface area contributed by atoms with Crippen LogP contribution in [0.5, 0.6) is 0 Å². The van der Waals surface area contributed by atoms with E-state index in [1.165, 1.54) is 24.3 Å². The van der Waals surface area contributed by atoms with Crippen LogP contribution in [0.3, 0.4) is 0 Å². The average molecular weight is 323 g/mol. The summed E-state index contributed by atoms with van der Waals surface area (Å²) in [6.07, 6.45) is 1.72. The van der Waals surface area contributed by atoms with Crippen molar-refractivity contribution < 1.29 is 14.0 Å². The van der Waals surface area contributed by atoms with Crippen LogP contribution < -0.4 is 16.4 Å². The summed E-state index contributed by atoms with van der Waals surface area (Å²) in [5.41, 5.74) is 6.04. The SMILES string of the molecule is CC(C)CC(CN)NC(=O)CCCNC(=O)c1ccc(F)cc1. The van der Waals surface area contributed by atoms with E-state index < -0.39 is 0 Å². The average Bonchev–Trinajstić information content (AvgIpc) is 2.50. The van der Waals surface area contributed by atoms with Gasteiger partial charge in [-0.1, -0.05) is 13.8 Å². The molecular formula is C17H26FN3O2. The van der Waals surface area contributed by atoms with E-state index in [-0.39, 0.29) is 23.7 Å². The van der Waals surface area contributed by atoms with Crippen LogP contribution in [-0.4, -0.2) is 30.9 Å². The highest BCUT2D eigenvalue weighted by atomic mass is 19.1. The summed E-state index contributed by atoms with van der Waals surface area (Å²) in [7, 11) is 0. The highest BCUT2D eigenvalue weighted by Crippen LogP contribution is 2.04. The Labute approximate surface area is 136 Å². The molecule has 5 nitrogen and oxygen atoms in total. The number of halogens is 1. The lowest BCUT2D eigenvalue weighted by molar-refractivity contribution is -0.121. The van der Waals surface area contributed by atoms with E-state index in [0.29, 0.717) is 37.4 Å². The maximum Gasteiger partial charge on any atom is 0.251 e. The van der Waals surface area contributed by atoms with Gasteiger partial charge < -0.3 is 16.4 Å². The molecule has 0 heterocycles. The predicted molar refractivity (Wildman–Crippen MR) is 88.4 cm³/mol. The number of benzene rings is 1. The first kappa shape index (κ1) is 19.1. The molecule has 128 valence electrons. The Hall–Kier alpha value is -1.95. The molecule has 1 unspecified atom stereocenters. The summed E-state index contributed by atoms with van der Waals surface area (Å²) in [5.74, 6) is -0.241. The van der Waals surface area contributed by atoms with E-state index in [2.05, 4.69) is 24.5 Å². The smallest absolute Gasteiger partial charge is 0.251 e. The second-order valence-electron chi connectivity index (χ2n) is 6.00. The van der Waals surface area contributed by atoms with Gasteiger partial charge in [0.05, 0.1) is 0 Å². The lowest BCUT2D eigenvalue weighted by Crippen LogP contribution is -2.41. The predicted octanol–water partition coefficient (Wildman–Crippen LogP) is 1.83. The summed E-state index contributed by atoms with van der Waals surface area (Å²) >= 11 is 0. The molecule has 0 aromatic heterocycles. The van der Waals surface area contributed by atoms with E-state index in [4.69, 9.17) is 5.73 Å². The Morgan fingerprint density at radius 1 is 1.22 bits per heavy atom. The van der Waals surface area contributed by atoms with Gasteiger partial charge >= 0.3 is 0 Å². The maximum absolute atomic E-state index is 12.8. The van der Waals surface area contributed by atoms with Crippen molar-refractivity contribution in [3.63, 3.8) is 0 Å². The lowest BCUT2D eigenvalue weighted by Gasteiger charge is -2.18. The third kappa shape index (κ3) is 7.74. The Bertz CT molecular complexity index is 503. The molecule has 0 bridgehead atoms. The van der Waals surface area contributed by atoms with Gasteiger partial charge in [-0.05, 0) is 43.0 Å². The molecule has 0 fully saturated rings. The van der Waals surface area contributed by atoms with Crippen molar-refractivity contribution in [1.29, 1.82) is 0 Å². The first-order valence-corrected chi connectivity index (χ1v) is 7.95. The Kier molecular flexibility index (Phi) is 8.26. The zero-order valence-corrected chi connectivity index (χ0v) is 13.8. The van der Waals surface area contributed by atoms with E-state index in [0.717, 1.165) is 6.42 Å². The normalized spacial score (nSPS) is 12.0. The fourth-order valence-electron chi connectivity index (χ4n) is 2.24. The molecule has 0 saturated heterocycles. The minimum Gasteiger partial charge on any atom is -0.352 e. The summed E-state index contributed by atoms with van der Waals surface area (Å²) in [6.45, 7) is 4.98. The van der Waals surface area contributed by atoms with Crippen molar-refractivity contribution in [2.24, 2.45) is 11.7 Å². The second kappa shape index (κ2) is 9.94. The molecule has 1 aromatic rings. The number of carbonyl (C=O) groups excluding carboxylic acids is 2. The fourth-order valence-corrected chi connectivity index (χ4v) is 2.24. The van der Waals surface area contributed by atoms with Crippen LogP contribution in [0.2, 0.25) is 0 Å². The van der Waals surface area contributed by atoms with Gasteiger partial charge in [0, 0.05) is 31.1 Å². The van der Waals surface area contributed by atoms with Crippen LogP contribution in [0.15, 0.2) is 24.3 Å². The van der Waals surface area contributed by atoms with Crippen molar-refractivity contribution in [2.75, 3.05) is 13.1 Å². The Morgan fingerprint density at radius 2 is 1.87 bits per heavy atom. The molecule has 6 heteroatoms. The number of amides is 2. The fraction of sp³-hybridized carbons (Fsp3) is 0.529. The number of nitrogens with one attached hydrogen (secondary N) is 2. The van der Waals surface area contributed by atoms with Crippen LogP contribution in [0, 0.1) is 11.7 Å². The molecule has 0 radical (unpaired) electrons. The van der Waals surface area contributed by atoms with E-state index in [9.17, 15) is 14.0 Å². The van der Waals surface area contributed by atoms with Gasteiger partial charge in [-0.2, -0.15) is 0 Å².